The van der Waals surface area contributed by atoms with Crippen molar-refractivity contribution >= 4 is 33.8 Å². The molecule has 0 fully saturated rings. The number of aryl methyl sites for hydroxylation is 1. The molecule has 2 aromatic carbocycles. The Morgan fingerprint density at radius 3 is 2.36 bits per heavy atom. The standard InChI is InChI=1S/C17H18N2O4S2/c1-12-3-2-4-14(11-12)16(20)18-10-9-13-5-7-15(8-6-13)25(22,23)19-17(21)24/h2-8,11H,9-10H2,1H3,(H,18,20)(H2,19,21,24). The van der Waals surface area contributed by atoms with Gasteiger partial charge in [-0.25, -0.2) is 13.1 Å². The summed E-state index contributed by atoms with van der Waals surface area (Å²) in [5.74, 6) is -0.153. The van der Waals surface area contributed by atoms with Crippen molar-refractivity contribution in [1.29, 1.82) is 0 Å². The number of sulfonamides is 1. The van der Waals surface area contributed by atoms with Gasteiger partial charge in [0.15, 0.2) is 0 Å². The molecule has 0 heterocycles. The van der Waals surface area contributed by atoms with Crippen LogP contribution in [0.15, 0.2) is 53.4 Å². The quantitative estimate of drug-likeness (QED) is 0.673. The predicted octanol–water partition coefficient (Wildman–Crippen LogP) is 2.30. The molecule has 0 saturated carbocycles. The van der Waals surface area contributed by atoms with Crippen LogP contribution in [0.4, 0.5) is 4.79 Å². The van der Waals surface area contributed by atoms with Crippen molar-refractivity contribution in [3.63, 3.8) is 0 Å². The maximum Gasteiger partial charge on any atom is 0.289 e. The average molecular weight is 378 g/mol. The van der Waals surface area contributed by atoms with Crippen molar-refractivity contribution in [1.82, 2.24) is 10.0 Å². The van der Waals surface area contributed by atoms with Crippen LogP contribution in [0.25, 0.3) is 0 Å². The van der Waals surface area contributed by atoms with E-state index >= 15 is 0 Å². The molecule has 0 aliphatic carbocycles. The number of carbonyl (C=O) groups excluding carboxylic acids is 2. The maximum atomic E-state index is 12.0. The van der Waals surface area contributed by atoms with E-state index in [1.54, 1.807) is 22.9 Å². The van der Waals surface area contributed by atoms with E-state index in [0.717, 1.165) is 11.1 Å². The summed E-state index contributed by atoms with van der Waals surface area (Å²) in [4.78, 5) is 22.8. The normalized spacial score (nSPS) is 11.0. The molecular weight excluding hydrogens is 360 g/mol. The highest BCUT2D eigenvalue weighted by atomic mass is 32.2. The lowest BCUT2D eigenvalue weighted by Gasteiger charge is -2.08. The van der Waals surface area contributed by atoms with Gasteiger partial charge < -0.3 is 5.32 Å². The molecule has 0 spiro atoms. The van der Waals surface area contributed by atoms with Gasteiger partial charge in [0, 0.05) is 12.1 Å². The summed E-state index contributed by atoms with van der Waals surface area (Å²) in [5.41, 5.74) is 2.47. The molecule has 25 heavy (non-hydrogen) atoms. The number of carbonyl (C=O) groups is 2. The molecular formula is C17H18N2O4S2. The number of thiol groups is 1. The van der Waals surface area contributed by atoms with Gasteiger partial charge in [-0.15, -0.1) is 0 Å². The highest BCUT2D eigenvalue weighted by Crippen LogP contribution is 2.11. The number of hydrogen-bond acceptors (Lipinski definition) is 4. The van der Waals surface area contributed by atoms with Gasteiger partial charge in [-0.1, -0.05) is 42.5 Å². The molecule has 0 atom stereocenters. The van der Waals surface area contributed by atoms with Crippen LogP contribution in [-0.4, -0.2) is 26.1 Å². The van der Waals surface area contributed by atoms with Crippen LogP contribution < -0.4 is 10.0 Å². The van der Waals surface area contributed by atoms with E-state index in [2.05, 4.69) is 17.9 Å². The first-order valence-electron chi connectivity index (χ1n) is 7.47. The molecule has 0 bridgehead atoms. The Morgan fingerprint density at radius 1 is 1.08 bits per heavy atom. The minimum absolute atomic E-state index is 0.0255. The van der Waals surface area contributed by atoms with Gasteiger partial charge in [0.05, 0.1) is 4.90 Å². The van der Waals surface area contributed by atoms with Crippen molar-refractivity contribution in [2.24, 2.45) is 0 Å². The van der Waals surface area contributed by atoms with Crippen LogP contribution in [-0.2, 0) is 16.4 Å². The molecule has 0 unspecified atom stereocenters. The second-order valence-electron chi connectivity index (χ2n) is 5.43. The van der Waals surface area contributed by atoms with E-state index in [0.29, 0.717) is 18.5 Å². The number of benzene rings is 2. The number of nitrogens with one attached hydrogen (secondary N) is 2. The Kier molecular flexibility index (Phi) is 6.22. The smallest absolute Gasteiger partial charge is 0.289 e. The Balaban J connectivity index is 1.92. The summed E-state index contributed by atoms with van der Waals surface area (Å²) in [7, 11) is -3.90. The predicted molar refractivity (Wildman–Crippen MR) is 98.4 cm³/mol. The maximum absolute atomic E-state index is 12.0. The minimum atomic E-state index is -3.90. The van der Waals surface area contributed by atoms with E-state index in [-0.39, 0.29) is 10.8 Å². The molecule has 2 rings (SSSR count). The van der Waals surface area contributed by atoms with Crippen molar-refractivity contribution in [2.45, 2.75) is 18.2 Å². The fourth-order valence-corrected chi connectivity index (χ4v) is 3.42. The lowest BCUT2D eigenvalue weighted by atomic mass is 10.1. The van der Waals surface area contributed by atoms with E-state index in [4.69, 9.17) is 0 Å². The van der Waals surface area contributed by atoms with Gasteiger partial charge in [0.2, 0.25) is 0 Å². The topological polar surface area (TPSA) is 92.3 Å². The van der Waals surface area contributed by atoms with Crippen LogP contribution in [0.1, 0.15) is 21.5 Å². The van der Waals surface area contributed by atoms with Gasteiger partial charge in [-0.3, -0.25) is 9.59 Å². The van der Waals surface area contributed by atoms with Crippen molar-refractivity contribution in [3.8, 4) is 0 Å². The number of hydrogen-bond donors (Lipinski definition) is 3. The molecule has 6 nitrogen and oxygen atoms in total. The lowest BCUT2D eigenvalue weighted by molar-refractivity contribution is 0.0954. The molecule has 8 heteroatoms. The third-order valence-electron chi connectivity index (χ3n) is 3.43. The van der Waals surface area contributed by atoms with E-state index < -0.39 is 15.3 Å². The molecule has 0 aliphatic heterocycles. The van der Waals surface area contributed by atoms with Crippen molar-refractivity contribution in [2.75, 3.05) is 6.54 Å². The largest absolute Gasteiger partial charge is 0.352 e. The monoisotopic (exact) mass is 378 g/mol. The van der Waals surface area contributed by atoms with E-state index in [1.165, 1.54) is 12.1 Å². The first kappa shape index (κ1) is 19.0. The first-order valence-corrected chi connectivity index (χ1v) is 9.40. The molecule has 0 saturated heterocycles. The fourth-order valence-electron chi connectivity index (χ4n) is 2.22. The van der Waals surface area contributed by atoms with E-state index in [9.17, 15) is 18.0 Å². The zero-order valence-corrected chi connectivity index (χ0v) is 15.2. The van der Waals surface area contributed by atoms with Crippen LogP contribution in [0.5, 0.6) is 0 Å². The van der Waals surface area contributed by atoms with Gasteiger partial charge in [0.25, 0.3) is 21.2 Å². The molecule has 0 radical (unpaired) electrons. The van der Waals surface area contributed by atoms with Gasteiger partial charge in [0.1, 0.15) is 0 Å². The summed E-state index contributed by atoms with van der Waals surface area (Å²) in [6, 6.07) is 13.4. The molecule has 2 N–H and O–H groups in total. The Morgan fingerprint density at radius 2 is 1.76 bits per heavy atom. The second-order valence-corrected chi connectivity index (χ2v) is 7.52. The molecule has 2 amide bonds. The minimum Gasteiger partial charge on any atom is -0.352 e. The highest BCUT2D eigenvalue weighted by molar-refractivity contribution is 7.99. The summed E-state index contributed by atoms with van der Waals surface area (Å²) in [5, 5.41) is 1.88. The summed E-state index contributed by atoms with van der Waals surface area (Å²) < 4.78 is 25.4. The Hall–Kier alpha value is -2.32. The van der Waals surface area contributed by atoms with Crippen LogP contribution in [0.2, 0.25) is 0 Å². The fraction of sp³-hybridized carbons (Fsp3) is 0.176. The van der Waals surface area contributed by atoms with Crippen molar-refractivity contribution in [3.05, 3.63) is 65.2 Å². The number of rotatable bonds is 6. The molecule has 2 aromatic rings. The van der Waals surface area contributed by atoms with Crippen LogP contribution in [0.3, 0.4) is 0 Å². The van der Waals surface area contributed by atoms with Crippen LogP contribution >= 0.6 is 12.6 Å². The molecule has 0 aromatic heterocycles. The second kappa shape index (κ2) is 8.17. The SMILES string of the molecule is Cc1cccc(C(=O)NCCc2ccc(S(=O)(=O)NC(=O)S)cc2)c1. The summed E-state index contributed by atoms with van der Waals surface area (Å²) >= 11 is 3.39. The van der Waals surface area contributed by atoms with Gasteiger partial charge >= 0.3 is 0 Å². The Labute approximate surface area is 152 Å². The average Bonchev–Trinajstić information content (AvgIpc) is 2.54. The van der Waals surface area contributed by atoms with E-state index in [1.807, 2.05) is 25.1 Å². The summed E-state index contributed by atoms with van der Waals surface area (Å²) in [6.45, 7) is 2.34. The van der Waals surface area contributed by atoms with Gasteiger partial charge in [-0.05, 0) is 43.2 Å². The summed E-state index contributed by atoms with van der Waals surface area (Å²) in [6.07, 6.45) is 0.552. The zero-order valence-electron chi connectivity index (χ0n) is 13.5. The number of amides is 2. The third-order valence-corrected chi connectivity index (χ3v) is 5.04. The molecule has 0 aliphatic rings. The van der Waals surface area contributed by atoms with Crippen LogP contribution in [0, 0.1) is 6.92 Å². The zero-order chi connectivity index (χ0) is 18.4. The first-order chi connectivity index (χ1) is 11.8. The highest BCUT2D eigenvalue weighted by Gasteiger charge is 2.15. The van der Waals surface area contributed by atoms with Gasteiger partial charge in [-0.2, -0.15) is 0 Å². The lowest BCUT2D eigenvalue weighted by Crippen LogP contribution is -2.26. The Bertz CT molecular complexity index is 878. The third kappa shape index (κ3) is 5.61. The molecule has 132 valence electrons. The van der Waals surface area contributed by atoms with Crippen molar-refractivity contribution < 1.29 is 18.0 Å².